The molecule has 2 aliphatic rings. The summed E-state index contributed by atoms with van der Waals surface area (Å²) in [5, 5.41) is 2.13. The van der Waals surface area contributed by atoms with Crippen LogP contribution in [0, 0.1) is 11.7 Å². The Balaban J connectivity index is 1.90. The van der Waals surface area contributed by atoms with Gasteiger partial charge in [0.05, 0.1) is 11.3 Å². The van der Waals surface area contributed by atoms with Crippen molar-refractivity contribution in [2.75, 3.05) is 5.32 Å². The number of amides is 1. The van der Waals surface area contributed by atoms with Crippen molar-refractivity contribution in [1.29, 1.82) is 0 Å². The van der Waals surface area contributed by atoms with Crippen LogP contribution >= 0.6 is 0 Å². The van der Waals surface area contributed by atoms with Crippen molar-refractivity contribution < 1.29 is 56.9 Å². The molecule has 5 nitrogen and oxygen atoms in total. The number of rotatable bonds is 4. The Kier molecular flexibility index (Phi) is 6.24. The van der Waals surface area contributed by atoms with Crippen LogP contribution in [0.2, 0.25) is 0 Å². The van der Waals surface area contributed by atoms with E-state index in [4.69, 9.17) is 0 Å². The van der Waals surface area contributed by atoms with Crippen molar-refractivity contribution in [2.24, 2.45) is 5.92 Å². The van der Waals surface area contributed by atoms with Gasteiger partial charge in [0.1, 0.15) is 5.41 Å². The summed E-state index contributed by atoms with van der Waals surface area (Å²) in [6, 6.07) is 4.58. The average molecular weight is 561 g/mol. The number of hydrogen-bond donors (Lipinski definition) is 1. The van der Waals surface area contributed by atoms with Crippen molar-refractivity contribution in [3.8, 4) is 5.75 Å². The molecule has 1 unspecified atom stereocenters. The van der Waals surface area contributed by atoms with E-state index < -0.39 is 80.6 Å². The third-order valence-electron chi connectivity index (χ3n) is 6.59. The van der Waals surface area contributed by atoms with Crippen LogP contribution < -0.4 is 9.50 Å². The van der Waals surface area contributed by atoms with Crippen LogP contribution in [0.4, 0.5) is 45.2 Å². The number of nitrogens with one attached hydrogen (secondary N) is 1. The van der Waals surface area contributed by atoms with Crippen LogP contribution in [0.5, 0.6) is 5.75 Å². The number of carbonyl (C=O) groups excluding carboxylic acids is 1. The van der Waals surface area contributed by atoms with Gasteiger partial charge in [-0.3, -0.25) is 4.79 Å². The second-order valence-electron chi connectivity index (χ2n) is 8.75. The minimum absolute atomic E-state index is 0.279. The van der Waals surface area contributed by atoms with Crippen LogP contribution in [0.25, 0.3) is 0 Å². The number of halogens is 9. The molecule has 4 rings (SSSR count). The van der Waals surface area contributed by atoms with Crippen LogP contribution in [-0.2, 0) is 26.5 Å². The number of hydrogen-bond acceptors (Lipinski definition) is 4. The first-order chi connectivity index (χ1) is 16.9. The number of benzene rings is 2. The van der Waals surface area contributed by atoms with Gasteiger partial charge in [-0.15, -0.1) is 0 Å². The van der Waals surface area contributed by atoms with E-state index in [9.17, 15) is 52.7 Å². The standard InChI is InChI=1S/C22H16F9NO4S/c23-15-10-12(4-5-16(15)36-37(34,35)22(29,30)31)20(11-6-8-19(24,25)9-7-11)13-2-1-3-14(21(26,27)28)17(13)32-18(20)33/h1-5,10-11H,6-9H2,(H,32,33). The molecule has 0 aromatic heterocycles. The molecule has 0 radical (unpaired) electrons. The highest BCUT2D eigenvalue weighted by Crippen LogP contribution is 2.56. The molecule has 202 valence electrons. The van der Waals surface area contributed by atoms with Gasteiger partial charge in [-0.2, -0.15) is 34.8 Å². The summed E-state index contributed by atoms with van der Waals surface area (Å²) in [6.07, 6.45) is -7.05. The quantitative estimate of drug-likeness (QED) is 0.277. The van der Waals surface area contributed by atoms with Crippen LogP contribution in [-0.4, -0.2) is 25.8 Å². The highest BCUT2D eigenvalue weighted by molar-refractivity contribution is 7.88. The maximum atomic E-state index is 14.9. The third kappa shape index (κ3) is 4.50. The van der Waals surface area contributed by atoms with Gasteiger partial charge in [-0.05, 0) is 48.1 Å². The molecule has 2 aromatic carbocycles. The molecule has 0 saturated heterocycles. The molecule has 1 saturated carbocycles. The molecule has 0 spiro atoms. The smallest absolute Gasteiger partial charge is 0.373 e. The van der Waals surface area contributed by atoms with Crippen LogP contribution in [0.3, 0.4) is 0 Å². The van der Waals surface area contributed by atoms with Gasteiger partial charge in [0.15, 0.2) is 11.6 Å². The van der Waals surface area contributed by atoms with E-state index in [1.807, 2.05) is 0 Å². The number of anilines is 1. The van der Waals surface area contributed by atoms with E-state index in [0.29, 0.717) is 18.2 Å². The molecule has 0 bridgehead atoms. The summed E-state index contributed by atoms with van der Waals surface area (Å²) in [4.78, 5) is 13.4. The highest BCUT2D eigenvalue weighted by Gasteiger charge is 2.57. The largest absolute Gasteiger partial charge is 0.534 e. The average Bonchev–Trinajstić information content (AvgIpc) is 3.06. The zero-order valence-electron chi connectivity index (χ0n) is 18.3. The monoisotopic (exact) mass is 561 g/mol. The van der Waals surface area contributed by atoms with E-state index in [1.165, 1.54) is 0 Å². The maximum Gasteiger partial charge on any atom is 0.534 e. The van der Waals surface area contributed by atoms with Crippen LogP contribution in [0.15, 0.2) is 36.4 Å². The number of alkyl halides is 8. The number of carbonyl (C=O) groups is 1. The van der Waals surface area contributed by atoms with E-state index in [1.54, 1.807) is 0 Å². The predicted octanol–water partition coefficient (Wildman–Crippen LogP) is 6.14. The molecule has 1 fully saturated rings. The topological polar surface area (TPSA) is 72.5 Å². The summed E-state index contributed by atoms with van der Waals surface area (Å²) < 4.78 is 148. The van der Waals surface area contributed by atoms with Crippen molar-refractivity contribution in [1.82, 2.24) is 0 Å². The first-order valence-electron chi connectivity index (χ1n) is 10.6. The summed E-state index contributed by atoms with van der Waals surface area (Å²) in [7, 11) is -6.26. The fraction of sp³-hybridized carbons (Fsp3) is 0.409. The summed E-state index contributed by atoms with van der Waals surface area (Å²) in [5.74, 6) is -8.28. The molecule has 1 N–H and O–H groups in total. The van der Waals surface area contributed by atoms with Crippen molar-refractivity contribution >= 4 is 21.7 Å². The van der Waals surface area contributed by atoms with Gasteiger partial charge in [-0.1, -0.05) is 18.2 Å². The molecular weight excluding hydrogens is 545 g/mol. The first kappa shape index (κ1) is 27.1. The summed E-state index contributed by atoms with van der Waals surface area (Å²) in [5.41, 5.74) is -10.6. The second kappa shape index (κ2) is 8.53. The molecule has 1 aliphatic heterocycles. The molecular formula is C22H16F9NO4S. The van der Waals surface area contributed by atoms with E-state index in [2.05, 4.69) is 9.50 Å². The van der Waals surface area contributed by atoms with E-state index in [0.717, 1.165) is 18.2 Å². The summed E-state index contributed by atoms with van der Waals surface area (Å²) >= 11 is 0. The molecule has 1 amide bonds. The molecule has 15 heteroatoms. The fourth-order valence-electron chi connectivity index (χ4n) is 4.97. The van der Waals surface area contributed by atoms with Gasteiger partial charge < -0.3 is 9.50 Å². The Morgan fingerprint density at radius 3 is 2.14 bits per heavy atom. The Morgan fingerprint density at radius 2 is 1.59 bits per heavy atom. The predicted molar refractivity (Wildman–Crippen MR) is 110 cm³/mol. The number of para-hydroxylation sites is 1. The molecule has 1 atom stereocenters. The molecule has 37 heavy (non-hydrogen) atoms. The van der Waals surface area contributed by atoms with Crippen LogP contribution in [0.1, 0.15) is 42.4 Å². The molecule has 1 aliphatic carbocycles. The van der Waals surface area contributed by atoms with Gasteiger partial charge in [-0.25, -0.2) is 13.2 Å². The minimum Gasteiger partial charge on any atom is -0.373 e. The Bertz CT molecular complexity index is 1340. The lowest BCUT2D eigenvalue weighted by atomic mass is 9.61. The maximum absolute atomic E-state index is 14.9. The zero-order chi connectivity index (χ0) is 27.6. The van der Waals surface area contributed by atoms with Crippen molar-refractivity contribution in [3.63, 3.8) is 0 Å². The normalized spacial score (nSPS) is 22.5. The van der Waals surface area contributed by atoms with E-state index in [-0.39, 0.29) is 24.0 Å². The second-order valence-corrected chi connectivity index (χ2v) is 10.3. The Hall–Kier alpha value is -2.97. The lowest BCUT2D eigenvalue weighted by Crippen LogP contribution is -2.45. The van der Waals surface area contributed by atoms with Gasteiger partial charge in [0, 0.05) is 12.8 Å². The highest BCUT2D eigenvalue weighted by atomic mass is 32.2. The first-order valence-corrected chi connectivity index (χ1v) is 12.0. The lowest BCUT2D eigenvalue weighted by molar-refractivity contribution is -0.136. The van der Waals surface area contributed by atoms with Gasteiger partial charge in [0.25, 0.3) is 0 Å². The summed E-state index contributed by atoms with van der Waals surface area (Å²) in [6.45, 7) is 0. The van der Waals surface area contributed by atoms with E-state index >= 15 is 0 Å². The third-order valence-corrected chi connectivity index (χ3v) is 7.56. The molecule has 2 aromatic rings. The Morgan fingerprint density at radius 1 is 0.973 bits per heavy atom. The van der Waals surface area contributed by atoms with Crippen molar-refractivity contribution in [2.45, 2.75) is 48.7 Å². The Labute approximate surface area is 203 Å². The van der Waals surface area contributed by atoms with Crippen molar-refractivity contribution in [3.05, 3.63) is 58.9 Å². The van der Waals surface area contributed by atoms with Gasteiger partial charge >= 0.3 is 21.8 Å². The SMILES string of the molecule is O=C1Nc2c(C(F)(F)F)cccc2C1(c1ccc(OS(=O)(=O)C(F)(F)F)c(F)c1)C1CCC(F)(F)CC1. The fourth-order valence-corrected chi connectivity index (χ4v) is 5.43. The lowest BCUT2D eigenvalue weighted by Gasteiger charge is -2.40. The minimum atomic E-state index is -6.26. The molecule has 1 heterocycles. The zero-order valence-corrected chi connectivity index (χ0v) is 19.1. The van der Waals surface area contributed by atoms with Gasteiger partial charge in [0.2, 0.25) is 11.8 Å². The number of fused-ring (bicyclic) bond motifs is 1.